The summed E-state index contributed by atoms with van der Waals surface area (Å²) in [6, 6.07) is 13.8. The van der Waals surface area contributed by atoms with Crippen LogP contribution < -0.4 is 11.5 Å². The lowest BCUT2D eigenvalue weighted by molar-refractivity contribution is 0.175. The van der Waals surface area contributed by atoms with E-state index in [9.17, 15) is 4.79 Å². The van der Waals surface area contributed by atoms with Crippen LogP contribution in [0.4, 0.5) is 10.6 Å². The average Bonchev–Trinajstić information content (AvgIpc) is 3.33. The largest absolute Gasteiger partial charge is 0.455 e. The molecule has 4 aromatic rings. The van der Waals surface area contributed by atoms with Crippen molar-refractivity contribution in [2.24, 2.45) is 11.7 Å². The van der Waals surface area contributed by atoms with Crippen molar-refractivity contribution in [1.29, 1.82) is 0 Å². The van der Waals surface area contributed by atoms with Crippen molar-refractivity contribution in [3.8, 4) is 11.5 Å². The number of aryl methyl sites for hydroxylation is 1. The minimum Gasteiger partial charge on any atom is -0.455 e. The van der Waals surface area contributed by atoms with Crippen LogP contribution in [0.3, 0.4) is 0 Å². The minimum absolute atomic E-state index is 0.319. The van der Waals surface area contributed by atoms with Crippen LogP contribution in [-0.2, 0) is 6.54 Å². The number of piperidine rings is 1. The molecule has 5 rings (SSSR count). The maximum Gasteiger partial charge on any atom is 0.314 e. The highest BCUT2D eigenvalue weighted by Crippen LogP contribution is 2.34. The Morgan fingerprint density at radius 2 is 1.93 bits per heavy atom. The Hall–Kier alpha value is -3.48. The van der Waals surface area contributed by atoms with Crippen LogP contribution in [0.2, 0.25) is 0 Å². The van der Waals surface area contributed by atoms with Crippen molar-refractivity contribution in [2.75, 3.05) is 18.8 Å². The van der Waals surface area contributed by atoms with Gasteiger partial charge in [-0.2, -0.15) is 0 Å². The van der Waals surface area contributed by atoms with E-state index in [-0.39, 0.29) is 6.03 Å². The van der Waals surface area contributed by atoms with Crippen LogP contribution in [0.15, 0.2) is 53.1 Å². The molecule has 0 aliphatic carbocycles. The number of primary amides is 1. The Morgan fingerprint density at radius 3 is 2.70 bits per heavy atom. The second kappa shape index (κ2) is 7.40. The number of nitrogen functional groups attached to an aromatic ring is 1. The number of nitrogens with zero attached hydrogens (tertiary/aromatic N) is 3. The first-order chi connectivity index (χ1) is 14.6. The smallest absolute Gasteiger partial charge is 0.314 e. The number of rotatable bonds is 4. The standard InChI is InChI=1S/C23H25N5O2/c24-22-13-17-11-18(21-12-16-3-1-2-4-20(16)30-21)28(19(17)14-26-22)10-7-15-5-8-27(9-6-15)23(25)29/h1-4,11-15H,5-10H2,(H2,24,26)(H2,25,29). The molecule has 2 amide bonds. The zero-order valence-electron chi connectivity index (χ0n) is 16.8. The van der Waals surface area contributed by atoms with Gasteiger partial charge in [-0.05, 0) is 49.4 Å². The SMILES string of the molecule is NC(=O)N1CCC(CCn2c(-c3cc4ccccc4o3)cc3cc(N)ncc32)CC1. The van der Waals surface area contributed by atoms with E-state index in [4.69, 9.17) is 15.9 Å². The number of hydrogen-bond donors (Lipinski definition) is 2. The quantitative estimate of drug-likeness (QED) is 0.532. The van der Waals surface area contributed by atoms with E-state index in [0.717, 1.165) is 72.2 Å². The van der Waals surface area contributed by atoms with Gasteiger partial charge in [-0.15, -0.1) is 0 Å². The van der Waals surface area contributed by atoms with Crippen molar-refractivity contribution in [3.63, 3.8) is 0 Å². The number of carbonyl (C=O) groups excluding carboxylic acids is 1. The molecule has 1 fully saturated rings. The Kier molecular flexibility index (Phi) is 4.58. The molecule has 0 unspecified atom stereocenters. The van der Waals surface area contributed by atoms with Gasteiger partial charge >= 0.3 is 6.03 Å². The number of fused-ring (bicyclic) bond motifs is 2. The van der Waals surface area contributed by atoms with Crippen LogP contribution in [0, 0.1) is 5.92 Å². The van der Waals surface area contributed by atoms with Crippen molar-refractivity contribution < 1.29 is 9.21 Å². The molecule has 4 N–H and O–H groups in total. The van der Waals surface area contributed by atoms with Gasteiger partial charge in [-0.25, -0.2) is 9.78 Å². The molecule has 4 heterocycles. The Morgan fingerprint density at radius 1 is 1.13 bits per heavy atom. The predicted molar refractivity (Wildman–Crippen MR) is 118 cm³/mol. The number of carbonyl (C=O) groups is 1. The third kappa shape index (κ3) is 3.36. The first-order valence-corrected chi connectivity index (χ1v) is 10.4. The molecule has 0 saturated carbocycles. The van der Waals surface area contributed by atoms with Crippen LogP contribution in [0.5, 0.6) is 0 Å². The fraction of sp³-hybridized carbons (Fsp3) is 0.304. The summed E-state index contributed by atoms with van der Waals surface area (Å²) in [6.07, 6.45) is 4.82. The molecule has 1 aliphatic rings. The summed E-state index contributed by atoms with van der Waals surface area (Å²) >= 11 is 0. The summed E-state index contributed by atoms with van der Waals surface area (Å²) in [4.78, 5) is 17.4. The molecular weight excluding hydrogens is 378 g/mol. The molecule has 1 aromatic carbocycles. The number of amides is 2. The highest BCUT2D eigenvalue weighted by atomic mass is 16.3. The number of aromatic nitrogens is 2. The van der Waals surface area contributed by atoms with Gasteiger partial charge in [-0.1, -0.05) is 18.2 Å². The zero-order valence-corrected chi connectivity index (χ0v) is 16.8. The lowest BCUT2D eigenvalue weighted by Gasteiger charge is -2.31. The highest BCUT2D eigenvalue weighted by Gasteiger charge is 2.22. The number of benzene rings is 1. The normalized spacial score (nSPS) is 15.3. The molecule has 7 nitrogen and oxygen atoms in total. The number of likely N-dealkylation sites (tertiary alicyclic amines) is 1. The molecular formula is C23H25N5O2. The monoisotopic (exact) mass is 403 g/mol. The van der Waals surface area contributed by atoms with E-state index in [0.29, 0.717) is 11.7 Å². The van der Waals surface area contributed by atoms with Crippen LogP contribution >= 0.6 is 0 Å². The van der Waals surface area contributed by atoms with E-state index in [1.807, 2.05) is 30.5 Å². The first-order valence-electron chi connectivity index (χ1n) is 10.4. The summed E-state index contributed by atoms with van der Waals surface area (Å²) in [5, 5.41) is 2.14. The molecule has 0 atom stereocenters. The zero-order chi connectivity index (χ0) is 20.7. The first kappa shape index (κ1) is 18.5. The van der Waals surface area contributed by atoms with E-state index in [1.165, 1.54) is 0 Å². The van der Waals surface area contributed by atoms with E-state index in [1.54, 1.807) is 4.90 Å². The van der Waals surface area contributed by atoms with Crippen molar-refractivity contribution in [1.82, 2.24) is 14.5 Å². The number of para-hydroxylation sites is 1. The van der Waals surface area contributed by atoms with Crippen molar-refractivity contribution in [2.45, 2.75) is 25.8 Å². The summed E-state index contributed by atoms with van der Waals surface area (Å²) in [6.45, 7) is 2.32. The molecule has 0 spiro atoms. The number of urea groups is 1. The number of pyridine rings is 1. The fourth-order valence-corrected chi connectivity index (χ4v) is 4.48. The second-order valence-electron chi connectivity index (χ2n) is 8.06. The van der Waals surface area contributed by atoms with Gasteiger partial charge in [0.25, 0.3) is 0 Å². The Labute approximate surface area is 174 Å². The predicted octanol–water partition coefficient (Wildman–Crippen LogP) is 4.21. The van der Waals surface area contributed by atoms with Gasteiger partial charge in [0.2, 0.25) is 0 Å². The van der Waals surface area contributed by atoms with Crippen LogP contribution in [0.25, 0.3) is 33.3 Å². The lowest BCUT2D eigenvalue weighted by atomic mass is 9.93. The van der Waals surface area contributed by atoms with Crippen molar-refractivity contribution >= 4 is 33.7 Å². The van der Waals surface area contributed by atoms with Gasteiger partial charge < -0.3 is 25.4 Å². The molecule has 0 bridgehead atoms. The summed E-state index contributed by atoms with van der Waals surface area (Å²) in [5.74, 6) is 1.91. The van der Waals surface area contributed by atoms with E-state index >= 15 is 0 Å². The molecule has 1 aliphatic heterocycles. The van der Waals surface area contributed by atoms with Gasteiger partial charge in [0.15, 0.2) is 5.76 Å². The second-order valence-corrected chi connectivity index (χ2v) is 8.06. The fourth-order valence-electron chi connectivity index (χ4n) is 4.48. The number of anilines is 1. The number of nitrogens with two attached hydrogens (primary N) is 2. The summed E-state index contributed by atoms with van der Waals surface area (Å²) in [5.41, 5.74) is 14.3. The molecule has 154 valence electrons. The Bertz CT molecular complexity index is 1180. The van der Waals surface area contributed by atoms with E-state index < -0.39 is 0 Å². The molecule has 7 heteroatoms. The molecule has 1 saturated heterocycles. The third-order valence-corrected chi connectivity index (χ3v) is 6.17. The van der Waals surface area contributed by atoms with E-state index in [2.05, 4.69) is 27.8 Å². The Balaban J connectivity index is 1.46. The minimum atomic E-state index is -0.319. The molecule has 0 radical (unpaired) electrons. The maximum absolute atomic E-state index is 11.4. The van der Waals surface area contributed by atoms with Crippen LogP contribution in [-0.4, -0.2) is 33.6 Å². The highest BCUT2D eigenvalue weighted by molar-refractivity contribution is 5.89. The topological polar surface area (TPSA) is 103 Å². The third-order valence-electron chi connectivity index (χ3n) is 6.17. The van der Waals surface area contributed by atoms with Crippen LogP contribution in [0.1, 0.15) is 19.3 Å². The van der Waals surface area contributed by atoms with Crippen molar-refractivity contribution in [3.05, 3.63) is 48.7 Å². The maximum atomic E-state index is 11.4. The average molecular weight is 403 g/mol. The number of hydrogen-bond acceptors (Lipinski definition) is 4. The van der Waals surface area contributed by atoms with Gasteiger partial charge in [-0.3, -0.25) is 0 Å². The number of furan rings is 1. The summed E-state index contributed by atoms with van der Waals surface area (Å²) in [7, 11) is 0. The lowest BCUT2D eigenvalue weighted by Crippen LogP contribution is -2.41. The molecule has 30 heavy (non-hydrogen) atoms. The van der Waals surface area contributed by atoms with Gasteiger partial charge in [0.1, 0.15) is 11.4 Å². The molecule has 3 aromatic heterocycles. The van der Waals surface area contributed by atoms with Gasteiger partial charge in [0.05, 0.1) is 17.4 Å². The summed E-state index contributed by atoms with van der Waals surface area (Å²) < 4.78 is 8.43. The van der Waals surface area contributed by atoms with Gasteiger partial charge in [0, 0.05) is 30.4 Å².